The maximum absolute atomic E-state index is 12.6. The second-order valence-corrected chi connectivity index (χ2v) is 4.16. The molecule has 2 rings (SSSR count). The van der Waals surface area contributed by atoms with Crippen molar-refractivity contribution in [2.75, 3.05) is 14.2 Å². The number of hydrogen-bond acceptors (Lipinski definition) is 3. The smallest absolute Gasteiger partial charge is 0.429 e. The molecule has 0 bridgehead atoms. The third kappa shape index (κ3) is 2.45. The molecule has 0 saturated heterocycles. The zero-order chi connectivity index (χ0) is 14.2. The van der Waals surface area contributed by atoms with Crippen LogP contribution in [0.2, 0.25) is 5.02 Å². The molecular formula is C12H10ClF3O3. The third-order valence-corrected chi connectivity index (χ3v) is 3.00. The van der Waals surface area contributed by atoms with Crippen LogP contribution < -0.4 is 14.2 Å². The van der Waals surface area contributed by atoms with Crippen LogP contribution in [0, 0.1) is 0 Å². The van der Waals surface area contributed by atoms with E-state index < -0.39 is 12.3 Å². The molecule has 1 unspecified atom stereocenters. The second kappa shape index (κ2) is 4.85. The van der Waals surface area contributed by atoms with Crippen LogP contribution in [-0.2, 0) is 0 Å². The fourth-order valence-electron chi connectivity index (χ4n) is 1.73. The van der Waals surface area contributed by atoms with Gasteiger partial charge in [-0.25, -0.2) is 0 Å². The Labute approximate surface area is 112 Å². The molecule has 3 nitrogen and oxygen atoms in total. The van der Waals surface area contributed by atoms with Crippen molar-refractivity contribution < 1.29 is 27.4 Å². The Morgan fingerprint density at radius 1 is 1.26 bits per heavy atom. The quantitative estimate of drug-likeness (QED) is 0.832. The van der Waals surface area contributed by atoms with E-state index in [0.717, 1.165) is 6.08 Å². The highest BCUT2D eigenvalue weighted by Crippen LogP contribution is 2.46. The number of halogens is 4. The lowest BCUT2D eigenvalue weighted by molar-refractivity contribution is -0.180. The van der Waals surface area contributed by atoms with E-state index in [1.54, 1.807) is 0 Å². The molecule has 1 aromatic rings. The van der Waals surface area contributed by atoms with Gasteiger partial charge in [0.25, 0.3) is 0 Å². The van der Waals surface area contributed by atoms with Gasteiger partial charge in [-0.2, -0.15) is 13.2 Å². The first-order valence-corrected chi connectivity index (χ1v) is 5.62. The van der Waals surface area contributed by atoms with E-state index in [-0.39, 0.29) is 22.3 Å². The van der Waals surface area contributed by atoms with Gasteiger partial charge in [0.15, 0.2) is 11.5 Å². The van der Waals surface area contributed by atoms with E-state index in [2.05, 4.69) is 0 Å². The van der Waals surface area contributed by atoms with Crippen LogP contribution in [0.1, 0.15) is 5.56 Å². The topological polar surface area (TPSA) is 27.7 Å². The SMILES string of the molecule is COc1cc2c(c(Cl)c1OC)C=CC(C(F)(F)F)O2. The van der Waals surface area contributed by atoms with Crippen LogP contribution in [0.4, 0.5) is 13.2 Å². The standard InChI is InChI=1S/C12H10ClF3O3/c1-17-8-5-7-6(10(13)11(8)18-2)3-4-9(19-7)12(14,15)16/h3-5,9H,1-2H3. The maximum Gasteiger partial charge on any atom is 0.429 e. The van der Waals surface area contributed by atoms with Crippen LogP contribution in [0.3, 0.4) is 0 Å². The van der Waals surface area contributed by atoms with Gasteiger partial charge in [0, 0.05) is 11.6 Å². The Morgan fingerprint density at radius 2 is 1.95 bits per heavy atom. The van der Waals surface area contributed by atoms with E-state index in [1.165, 1.54) is 26.4 Å². The Bertz CT molecular complexity index is 526. The number of ether oxygens (including phenoxy) is 3. The molecule has 0 spiro atoms. The van der Waals surface area contributed by atoms with Crippen molar-refractivity contribution in [3.05, 3.63) is 22.7 Å². The van der Waals surface area contributed by atoms with Gasteiger partial charge in [-0.3, -0.25) is 0 Å². The van der Waals surface area contributed by atoms with Crippen molar-refractivity contribution >= 4 is 17.7 Å². The molecular weight excluding hydrogens is 285 g/mol. The predicted molar refractivity (Wildman–Crippen MR) is 64.1 cm³/mol. The highest BCUT2D eigenvalue weighted by Gasteiger charge is 2.42. The van der Waals surface area contributed by atoms with Crippen molar-refractivity contribution in [2.24, 2.45) is 0 Å². The first-order chi connectivity index (χ1) is 8.88. The summed E-state index contributed by atoms with van der Waals surface area (Å²) in [6, 6.07) is 1.32. The third-order valence-electron chi connectivity index (χ3n) is 2.63. The molecule has 1 aliphatic heterocycles. The Morgan fingerprint density at radius 3 is 2.47 bits per heavy atom. The summed E-state index contributed by atoms with van der Waals surface area (Å²) in [5, 5.41) is 0.147. The molecule has 0 aromatic heterocycles. The minimum Gasteiger partial charge on any atom is -0.493 e. The largest absolute Gasteiger partial charge is 0.493 e. The lowest BCUT2D eigenvalue weighted by Crippen LogP contribution is -2.33. The zero-order valence-electron chi connectivity index (χ0n) is 10.0. The van der Waals surface area contributed by atoms with Crippen molar-refractivity contribution in [1.82, 2.24) is 0 Å². The van der Waals surface area contributed by atoms with Gasteiger partial charge in [0.2, 0.25) is 6.10 Å². The highest BCUT2D eigenvalue weighted by atomic mass is 35.5. The molecule has 104 valence electrons. The fourth-order valence-corrected chi connectivity index (χ4v) is 2.06. The maximum atomic E-state index is 12.6. The summed E-state index contributed by atoms with van der Waals surface area (Å²) >= 11 is 6.06. The number of benzene rings is 1. The number of rotatable bonds is 2. The molecule has 1 atom stereocenters. The second-order valence-electron chi connectivity index (χ2n) is 3.78. The molecule has 0 fully saturated rings. The van der Waals surface area contributed by atoms with Gasteiger partial charge in [0.1, 0.15) is 5.75 Å². The summed E-state index contributed by atoms with van der Waals surface area (Å²) < 4.78 is 52.8. The van der Waals surface area contributed by atoms with Crippen LogP contribution in [0.25, 0.3) is 6.08 Å². The van der Waals surface area contributed by atoms with Crippen LogP contribution in [0.5, 0.6) is 17.2 Å². The van der Waals surface area contributed by atoms with E-state index >= 15 is 0 Å². The predicted octanol–water partition coefficient (Wildman–Crippen LogP) is 3.69. The molecule has 0 saturated carbocycles. The Hall–Kier alpha value is -1.56. The Balaban J connectivity index is 2.50. The summed E-state index contributed by atoms with van der Waals surface area (Å²) in [6.45, 7) is 0. The van der Waals surface area contributed by atoms with Crippen molar-refractivity contribution in [3.63, 3.8) is 0 Å². The minimum absolute atomic E-state index is 0.00692. The summed E-state index contributed by atoms with van der Waals surface area (Å²) in [6.07, 6.45) is -4.30. The lowest BCUT2D eigenvalue weighted by Gasteiger charge is -2.25. The summed E-state index contributed by atoms with van der Waals surface area (Å²) in [7, 11) is 2.75. The van der Waals surface area contributed by atoms with Gasteiger partial charge >= 0.3 is 6.18 Å². The van der Waals surface area contributed by atoms with E-state index in [1.807, 2.05) is 0 Å². The normalized spacial score (nSPS) is 17.7. The molecule has 7 heteroatoms. The average molecular weight is 295 g/mol. The monoisotopic (exact) mass is 294 g/mol. The number of methoxy groups -OCH3 is 2. The first kappa shape index (κ1) is 13.9. The summed E-state index contributed by atoms with van der Waals surface area (Å²) in [4.78, 5) is 0. The first-order valence-electron chi connectivity index (χ1n) is 5.24. The zero-order valence-corrected chi connectivity index (χ0v) is 10.8. The van der Waals surface area contributed by atoms with Gasteiger partial charge in [-0.15, -0.1) is 0 Å². The highest BCUT2D eigenvalue weighted by molar-refractivity contribution is 6.34. The van der Waals surface area contributed by atoms with Gasteiger partial charge in [-0.1, -0.05) is 11.6 Å². The minimum atomic E-state index is -4.48. The molecule has 0 N–H and O–H groups in total. The van der Waals surface area contributed by atoms with Gasteiger partial charge in [-0.05, 0) is 12.2 Å². The summed E-state index contributed by atoms with van der Waals surface area (Å²) in [5.74, 6) is 0.469. The van der Waals surface area contributed by atoms with Gasteiger partial charge < -0.3 is 14.2 Å². The fraction of sp³-hybridized carbons (Fsp3) is 0.333. The Kier molecular flexibility index (Phi) is 3.54. The van der Waals surface area contributed by atoms with E-state index in [4.69, 9.17) is 25.8 Å². The molecule has 0 radical (unpaired) electrons. The van der Waals surface area contributed by atoms with Gasteiger partial charge in [0.05, 0.1) is 19.2 Å². The lowest BCUT2D eigenvalue weighted by atomic mass is 10.1. The van der Waals surface area contributed by atoms with E-state index in [9.17, 15) is 13.2 Å². The molecule has 19 heavy (non-hydrogen) atoms. The van der Waals surface area contributed by atoms with Crippen LogP contribution in [-0.4, -0.2) is 26.5 Å². The number of fused-ring (bicyclic) bond motifs is 1. The molecule has 1 aromatic carbocycles. The summed E-state index contributed by atoms with van der Waals surface area (Å²) in [5.41, 5.74) is 0.333. The average Bonchev–Trinajstić information content (AvgIpc) is 2.36. The molecule has 1 heterocycles. The van der Waals surface area contributed by atoms with Crippen LogP contribution >= 0.6 is 11.6 Å². The number of hydrogen-bond donors (Lipinski definition) is 0. The molecule has 0 amide bonds. The molecule has 0 aliphatic carbocycles. The van der Waals surface area contributed by atoms with Crippen LogP contribution in [0.15, 0.2) is 12.1 Å². The number of alkyl halides is 3. The molecule has 1 aliphatic rings. The van der Waals surface area contributed by atoms with Crippen molar-refractivity contribution in [2.45, 2.75) is 12.3 Å². The van der Waals surface area contributed by atoms with Crippen molar-refractivity contribution in [3.8, 4) is 17.2 Å². The van der Waals surface area contributed by atoms with E-state index in [0.29, 0.717) is 5.56 Å². The van der Waals surface area contributed by atoms with Crippen molar-refractivity contribution in [1.29, 1.82) is 0 Å².